The van der Waals surface area contributed by atoms with Gasteiger partial charge in [0.15, 0.2) is 5.72 Å². The van der Waals surface area contributed by atoms with Crippen LogP contribution in [0, 0.1) is 0 Å². The van der Waals surface area contributed by atoms with Crippen LogP contribution in [0.3, 0.4) is 0 Å². The molecule has 2 amide bonds. The van der Waals surface area contributed by atoms with Gasteiger partial charge in [0.05, 0.1) is 11.6 Å². The van der Waals surface area contributed by atoms with Gasteiger partial charge in [0.25, 0.3) is 0 Å². The number of hydrogen-bond acceptors (Lipinski definition) is 2. The van der Waals surface area contributed by atoms with Crippen molar-refractivity contribution in [2.75, 3.05) is 9.80 Å². The van der Waals surface area contributed by atoms with Gasteiger partial charge < -0.3 is 5.11 Å². The maximum Gasteiger partial charge on any atom is 0.416 e. The summed E-state index contributed by atoms with van der Waals surface area (Å²) in [6, 6.07) is 16.8. The molecule has 9 heteroatoms. The van der Waals surface area contributed by atoms with Crippen molar-refractivity contribution < 1.29 is 23.1 Å². The first-order valence-corrected chi connectivity index (χ1v) is 11.7. The van der Waals surface area contributed by atoms with Gasteiger partial charge in [-0.05, 0) is 67.1 Å². The van der Waals surface area contributed by atoms with Crippen LogP contribution in [-0.4, -0.2) is 17.2 Å². The second-order valence-electron chi connectivity index (χ2n) is 7.67. The molecule has 1 aliphatic rings. The third kappa shape index (κ3) is 4.18. The third-order valence-electron chi connectivity index (χ3n) is 5.71. The van der Waals surface area contributed by atoms with Crippen molar-refractivity contribution in [1.29, 1.82) is 0 Å². The van der Waals surface area contributed by atoms with E-state index < -0.39 is 29.5 Å². The summed E-state index contributed by atoms with van der Waals surface area (Å²) in [4.78, 5) is 16.4. The van der Waals surface area contributed by atoms with Crippen LogP contribution in [0.15, 0.2) is 81.7 Å². The summed E-state index contributed by atoms with van der Waals surface area (Å²) in [6.45, 7) is 1.79. The predicted molar refractivity (Wildman–Crippen MR) is 128 cm³/mol. The lowest BCUT2D eigenvalue weighted by atomic mass is 9.90. The van der Waals surface area contributed by atoms with Crippen molar-refractivity contribution in [1.82, 2.24) is 0 Å². The van der Waals surface area contributed by atoms with Crippen molar-refractivity contribution in [3.63, 3.8) is 0 Å². The Kier molecular flexibility index (Phi) is 6.32. The Bertz CT molecular complexity index is 1170. The van der Waals surface area contributed by atoms with E-state index in [-0.39, 0.29) is 5.56 Å². The standard InChI is InChI=1S/C24H19Br2F3N2O2/c1-2-21-23(33,15-4-3-5-16(14-15)24(27,28)29)31(20-12-8-18(26)9-13-20)22(32)30(21)19-10-6-17(25)7-11-19/h3-14,21,33H,2H2,1H3/t21-,23?/m1/s1. The van der Waals surface area contributed by atoms with Gasteiger partial charge in [-0.3, -0.25) is 9.80 Å². The SMILES string of the molecule is CC[C@H]1N(c2ccc(Br)cc2)C(=O)N(c2ccc(Br)cc2)C1(O)c1cccc(C(F)(F)F)c1. The van der Waals surface area contributed by atoms with Crippen LogP contribution in [0.2, 0.25) is 0 Å². The average Bonchev–Trinajstić information content (AvgIpc) is 3.01. The number of halogens is 5. The van der Waals surface area contributed by atoms with Gasteiger partial charge in [-0.2, -0.15) is 13.2 Å². The molecule has 4 rings (SSSR count). The molecule has 1 aliphatic heterocycles. The van der Waals surface area contributed by atoms with E-state index in [1.165, 1.54) is 21.9 Å². The van der Waals surface area contributed by atoms with Crippen molar-refractivity contribution >= 4 is 49.3 Å². The van der Waals surface area contributed by atoms with Gasteiger partial charge in [0, 0.05) is 25.9 Å². The van der Waals surface area contributed by atoms with E-state index in [1.54, 1.807) is 55.5 Å². The van der Waals surface area contributed by atoms with Crippen molar-refractivity contribution in [3.8, 4) is 0 Å². The summed E-state index contributed by atoms with van der Waals surface area (Å²) in [5.41, 5.74) is -2.07. The normalized spacial score (nSPS) is 21.1. The lowest BCUT2D eigenvalue weighted by molar-refractivity contribution is -0.137. The summed E-state index contributed by atoms with van der Waals surface area (Å²) in [7, 11) is 0. The predicted octanol–water partition coefficient (Wildman–Crippen LogP) is 7.30. The largest absolute Gasteiger partial charge is 0.416 e. The smallest absolute Gasteiger partial charge is 0.365 e. The minimum atomic E-state index is -4.59. The van der Waals surface area contributed by atoms with Crippen LogP contribution < -0.4 is 9.80 Å². The lowest BCUT2D eigenvalue weighted by Gasteiger charge is -2.37. The fourth-order valence-corrected chi connectivity index (χ4v) is 4.75. The zero-order chi connectivity index (χ0) is 24.0. The molecule has 1 heterocycles. The molecule has 0 aliphatic carbocycles. The van der Waals surface area contributed by atoms with E-state index >= 15 is 0 Å². The minimum absolute atomic E-state index is 0.0138. The highest BCUT2D eigenvalue weighted by atomic mass is 79.9. The monoisotopic (exact) mass is 582 g/mol. The molecule has 1 fully saturated rings. The Balaban J connectivity index is 1.95. The molecule has 0 aromatic heterocycles. The summed E-state index contributed by atoms with van der Waals surface area (Å²) in [5, 5.41) is 12.1. The highest BCUT2D eigenvalue weighted by Gasteiger charge is 2.58. The van der Waals surface area contributed by atoms with E-state index in [0.29, 0.717) is 17.8 Å². The quantitative estimate of drug-likeness (QED) is 0.350. The molecular formula is C24H19Br2F3N2O2. The highest BCUT2D eigenvalue weighted by molar-refractivity contribution is 9.10. The first-order valence-electron chi connectivity index (χ1n) is 10.1. The highest BCUT2D eigenvalue weighted by Crippen LogP contribution is 2.46. The van der Waals surface area contributed by atoms with Crippen molar-refractivity contribution in [2.24, 2.45) is 0 Å². The van der Waals surface area contributed by atoms with Crippen molar-refractivity contribution in [3.05, 3.63) is 92.9 Å². The topological polar surface area (TPSA) is 43.8 Å². The number of hydrogen-bond donors (Lipinski definition) is 1. The Morgan fingerprint density at radius 1 is 0.939 bits per heavy atom. The molecule has 0 radical (unpaired) electrons. The maximum atomic E-state index is 13.8. The van der Waals surface area contributed by atoms with Gasteiger partial charge in [-0.25, -0.2) is 4.79 Å². The fourth-order valence-electron chi connectivity index (χ4n) is 4.22. The second-order valence-corrected chi connectivity index (χ2v) is 9.50. The lowest BCUT2D eigenvalue weighted by Crippen LogP contribution is -2.49. The zero-order valence-corrected chi connectivity index (χ0v) is 20.5. The van der Waals surface area contributed by atoms with Crippen LogP contribution >= 0.6 is 31.9 Å². The molecule has 2 atom stereocenters. The Labute approximate surface area is 205 Å². The van der Waals surface area contributed by atoms with Crippen LogP contribution in [-0.2, 0) is 11.9 Å². The minimum Gasteiger partial charge on any atom is -0.365 e. The molecule has 0 bridgehead atoms. The number of aliphatic hydroxyl groups is 1. The molecule has 3 aromatic rings. The Morgan fingerprint density at radius 2 is 1.48 bits per heavy atom. The zero-order valence-electron chi connectivity index (χ0n) is 17.4. The molecule has 1 unspecified atom stereocenters. The number of alkyl halides is 3. The molecule has 172 valence electrons. The van der Waals surface area contributed by atoms with Gasteiger partial charge in [0.1, 0.15) is 0 Å². The molecule has 33 heavy (non-hydrogen) atoms. The van der Waals surface area contributed by atoms with E-state index in [0.717, 1.165) is 21.1 Å². The van der Waals surface area contributed by atoms with Crippen molar-refractivity contribution in [2.45, 2.75) is 31.3 Å². The molecular weight excluding hydrogens is 565 g/mol. The summed E-state index contributed by atoms with van der Waals surface area (Å²) < 4.78 is 42.1. The van der Waals surface area contributed by atoms with E-state index in [9.17, 15) is 23.1 Å². The third-order valence-corrected chi connectivity index (χ3v) is 6.76. The maximum absolute atomic E-state index is 13.8. The van der Waals surface area contributed by atoms with Gasteiger partial charge in [-0.15, -0.1) is 0 Å². The van der Waals surface area contributed by atoms with E-state index in [2.05, 4.69) is 31.9 Å². The number of amides is 2. The number of benzene rings is 3. The number of nitrogens with zero attached hydrogens (tertiary/aromatic N) is 2. The van der Waals surface area contributed by atoms with E-state index in [4.69, 9.17) is 0 Å². The van der Waals surface area contributed by atoms with Crippen LogP contribution in [0.1, 0.15) is 24.5 Å². The van der Waals surface area contributed by atoms with Gasteiger partial charge in [-0.1, -0.05) is 50.9 Å². The molecule has 1 N–H and O–H groups in total. The Hall–Kier alpha value is -2.36. The first-order chi connectivity index (χ1) is 15.6. The number of anilines is 2. The van der Waals surface area contributed by atoms with Crippen LogP contribution in [0.4, 0.5) is 29.3 Å². The molecule has 0 saturated carbocycles. The van der Waals surface area contributed by atoms with Gasteiger partial charge in [0.2, 0.25) is 0 Å². The van der Waals surface area contributed by atoms with E-state index in [1.807, 2.05) is 0 Å². The average molecular weight is 584 g/mol. The molecule has 1 saturated heterocycles. The van der Waals surface area contributed by atoms with Gasteiger partial charge >= 0.3 is 12.2 Å². The van der Waals surface area contributed by atoms with Crippen LogP contribution in [0.5, 0.6) is 0 Å². The summed E-state index contributed by atoms with van der Waals surface area (Å²) in [5.74, 6) is 0. The number of rotatable bonds is 4. The summed E-state index contributed by atoms with van der Waals surface area (Å²) >= 11 is 6.72. The number of urea groups is 1. The fraction of sp³-hybridized carbons (Fsp3) is 0.208. The second kappa shape index (κ2) is 8.77. The summed E-state index contributed by atoms with van der Waals surface area (Å²) in [6.07, 6.45) is -4.30. The molecule has 4 nitrogen and oxygen atoms in total. The Morgan fingerprint density at radius 3 is 2.00 bits per heavy atom. The van der Waals surface area contributed by atoms with Crippen LogP contribution in [0.25, 0.3) is 0 Å². The molecule has 0 spiro atoms. The number of carbonyl (C=O) groups excluding carboxylic acids is 1. The number of carbonyl (C=O) groups is 1. The molecule has 3 aromatic carbocycles. The first kappa shape index (κ1) is 23.8.